The van der Waals surface area contributed by atoms with Crippen molar-refractivity contribution >= 4 is 55.1 Å². The molecule has 4 rings (SSSR count). The lowest BCUT2D eigenvalue weighted by molar-refractivity contribution is -0.140. The number of hydrogen-bond donors (Lipinski definition) is 1. The number of aryl methyl sites for hydroxylation is 1. The number of benzene rings is 4. The maximum absolute atomic E-state index is 14.3. The zero-order valence-corrected chi connectivity index (χ0v) is 27.1. The minimum absolute atomic E-state index is 0.0580. The number of nitrogens with one attached hydrogen (secondary N) is 1. The summed E-state index contributed by atoms with van der Waals surface area (Å²) in [5, 5.41) is 3.40. The highest BCUT2D eigenvalue weighted by Crippen LogP contribution is 2.27. The molecule has 4 aromatic carbocycles. The molecule has 0 aliphatic carbocycles. The van der Waals surface area contributed by atoms with E-state index in [-0.39, 0.29) is 23.8 Å². The number of likely N-dealkylation sites (N-methyl/N-ethyl adjacent to an activating group) is 1. The molecule has 0 aliphatic heterocycles. The SMILES string of the molecule is CCNC(=O)[C@@H](Cc1ccccc1)N(Cc1ccc(Cl)cc1)C(=O)CN(c1ccc(Br)cc1)S(=O)(=O)c1ccc(C)cc1. The first-order chi connectivity index (χ1) is 20.6. The molecule has 0 saturated carbocycles. The van der Waals surface area contributed by atoms with Crippen molar-refractivity contribution in [2.45, 2.75) is 37.8 Å². The molecular weight excluding hydrogens is 650 g/mol. The van der Waals surface area contributed by atoms with Crippen molar-refractivity contribution in [2.24, 2.45) is 0 Å². The zero-order chi connectivity index (χ0) is 31.0. The second-order valence-electron chi connectivity index (χ2n) is 10.0. The molecule has 0 aliphatic rings. The Morgan fingerprint density at radius 1 is 0.860 bits per heavy atom. The van der Waals surface area contributed by atoms with Gasteiger partial charge in [0.05, 0.1) is 10.6 Å². The van der Waals surface area contributed by atoms with Crippen molar-refractivity contribution in [3.05, 3.63) is 129 Å². The fourth-order valence-corrected chi connectivity index (χ4v) is 6.41. The molecule has 0 radical (unpaired) electrons. The molecule has 0 heterocycles. The van der Waals surface area contributed by atoms with Crippen molar-refractivity contribution in [3.63, 3.8) is 0 Å². The van der Waals surface area contributed by atoms with Crippen LogP contribution in [0.2, 0.25) is 5.02 Å². The van der Waals surface area contributed by atoms with Gasteiger partial charge in [0, 0.05) is 29.0 Å². The van der Waals surface area contributed by atoms with Gasteiger partial charge >= 0.3 is 0 Å². The Balaban J connectivity index is 1.78. The quantitative estimate of drug-likeness (QED) is 0.188. The number of sulfonamides is 1. The van der Waals surface area contributed by atoms with Gasteiger partial charge in [-0.25, -0.2) is 8.42 Å². The van der Waals surface area contributed by atoms with Gasteiger partial charge in [-0.2, -0.15) is 0 Å². The second kappa shape index (κ2) is 14.7. The van der Waals surface area contributed by atoms with Crippen LogP contribution in [-0.4, -0.2) is 44.3 Å². The number of anilines is 1. The van der Waals surface area contributed by atoms with Crippen LogP contribution in [0.5, 0.6) is 0 Å². The van der Waals surface area contributed by atoms with E-state index >= 15 is 0 Å². The van der Waals surface area contributed by atoms with E-state index in [0.29, 0.717) is 17.3 Å². The maximum Gasteiger partial charge on any atom is 0.264 e. The fraction of sp³-hybridized carbons (Fsp3) is 0.212. The summed E-state index contributed by atoms with van der Waals surface area (Å²) in [7, 11) is -4.15. The molecule has 0 unspecified atom stereocenters. The van der Waals surface area contributed by atoms with E-state index < -0.39 is 28.5 Å². The van der Waals surface area contributed by atoms with Gasteiger partial charge in [0.25, 0.3) is 10.0 Å². The summed E-state index contributed by atoms with van der Waals surface area (Å²) in [5.74, 6) is -0.856. The van der Waals surface area contributed by atoms with Gasteiger partial charge in [0.1, 0.15) is 12.6 Å². The minimum atomic E-state index is -4.15. The first-order valence-corrected chi connectivity index (χ1v) is 16.4. The molecular formula is C33H33BrClN3O4S. The topological polar surface area (TPSA) is 86.8 Å². The molecule has 224 valence electrons. The van der Waals surface area contributed by atoms with Crippen molar-refractivity contribution in [1.82, 2.24) is 10.2 Å². The number of amides is 2. The third-order valence-corrected chi connectivity index (χ3v) is 9.46. The summed E-state index contributed by atoms with van der Waals surface area (Å²) in [5.41, 5.74) is 2.84. The molecule has 1 N–H and O–H groups in total. The van der Waals surface area contributed by atoms with Crippen LogP contribution in [0.25, 0.3) is 0 Å². The first-order valence-electron chi connectivity index (χ1n) is 13.8. The number of hydrogen-bond acceptors (Lipinski definition) is 4. The van der Waals surface area contributed by atoms with Gasteiger partial charge in [-0.3, -0.25) is 13.9 Å². The van der Waals surface area contributed by atoms with Crippen LogP contribution in [0.4, 0.5) is 5.69 Å². The van der Waals surface area contributed by atoms with Crippen LogP contribution in [0.1, 0.15) is 23.6 Å². The van der Waals surface area contributed by atoms with Crippen LogP contribution in [0.15, 0.2) is 112 Å². The number of carbonyl (C=O) groups excluding carboxylic acids is 2. The van der Waals surface area contributed by atoms with Crippen molar-refractivity contribution in [2.75, 3.05) is 17.4 Å². The van der Waals surface area contributed by atoms with Crippen LogP contribution in [0.3, 0.4) is 0 Å². The number of rotatable bonds is 12. The highest BCUT2D eigenvalue weighted by Gasteiger charge is 2.34. The molecule has 0 saturated heterocycles. The summed E-state index contributed by atoms with van der Waals surface area (Å²) < 4.78 is 29.9. The lowest BCUT2D eigenvalue weighted by Crippen LogP contribution is -2.53. The standard InChI is InChI=1S/C33H33BrClN3O4S/c1-3-36-33(40)31(21-25-7-5-4-6-8-25)37(22-26-11-15-28(35)16-12-26)32(39)23-38(29-17-13-27(34)14-18-29)43(41,42)30-19-9-24(2)10-20-30/h4-20,31H,3,21-23H2,1-2H3,(H,36,40)/t31-/m1/s1. The summed E-state index contributed by atoms with van der Waals surface area (Å²) in [6.45, 7) is 3.61. The van der Waals surface area contributed by atoms with Gasteiger partial charge in [-0.15, -0.1) is 0 Å². The third-order valence-electron chi connectivity index (χ3n) is 6.89. The third kappa shape index (κ3) is 8.46. The Kier molecular flexibility index (Phi) is 11.0. The van der Waals surface area contributed by atoms with Crippen LogP contribution < -0.4 is 9.62 Å². The van der Waals surface area contributed by atoms with Gasteiger partial charge < -0.3 is 10.2 Å². The zero-order valence-electron chi connectivity index (χ0n) is 23.9. The molecule has 0 bridgehead atoms. The molecule has 1 atom stereocenters. The van der Waals surface area contributed by atoms with Gasteiger partial charge in [0.15, 0.2) is 0 Å². The highest BCUT2D eigenvalue weighted by atomic mass is 79.9. The summed E-state index contributed by atoms with van der Waals surface area (Å²) in [4.78, 5) is 29.4. The maximum atomic E-state index is 14.3. The molecule has 10 heteroatoms. The smallest absolute Gasteiger partial charge is 0.264 e. The molecule has 0 fully saturated rings. The predicted octanol–water partition coefficient (Wildman–Crippen LogP) is 6.38. The summed E-state index contributed by atoms with van der Waals surface area (Å²) in [6.07, 6.45) is 0.245. The van der Waals surface area contributed by atoms with Gasteiger partial charge in [0.2, 0.25) is 11.8 Å². The molecule has 2 amide bonds. The summed E-state index contributed by atoms with van der Waals surface area (Å²) in [6, 6.07) is 28.7. The van der Waals surface area contributed by atoms with Crippen LogP contribution in [-0.2, 0) is 32.6 Å². The number of halogens is 2. The average Bonchev–Trinajstić information content (AvgIpc) is 3.00. The highest BCUT2D eigenvalue weighted by molar-refractivity contribution is 9.10. The number of nitrogens with zero attached hydrogens (tertiary/aromatic N) is 2. The predicted molar refractivity (Wildman–Crippen MR) is 174 cm³/mol. The Morgan fingerprint density at radius 3 is 2.09 bits per heavy atom. The molecule has 0 spiro atoms. The van der Waals surface area contributed by atoms with Crippen molar-refractivity contribution < 1.29 is 18.0 Å². The molecule has 7 nitrogen and oxygen atoms in total. The van der Waals surface area contributed by atoms with E-state index in [1.165, 1.54) is 17.0 Å². The fourth-order valence-electron chi connectivity index (χ4n) is 4.61. The van der Waals surface area contributed by atoms with Crippen molar-refractivity contribution in [3.8, 4) is 0 Å². The van der Waals surface area contributed by atoms with E-state index in [1.807, 2.05) is 44.2 Å². The minimum Gasteiger partial charge on any atom is -0.355 e. The largest absolute Gasteiger partial charge is 0.355 e. The van der Waals surface area contributed by atoms with Crippen molar-refractivity contribution in [1.29, 1.82) is 0 Å². The van der Waals surface area contributed by atoms with E-state index in [4.69, 9.17) is 11.6 Å². The van der Waals surface area contributed by atoms with Gasteiger partial charge in [-0.05, 0) is 73.5 Å². The normalized spacial score (nSPS) is 11.9. The van der Waals surface area contributed by atoms with E-state index in [2.05, 4.69) is 21.2 Å². The Morgan fingerprint density at radius 2 is 1.49 bits per heavy atom. The first kappa shape index (κ1) is 32.3. The Hall–Kier alpha value is -3.66. The van der Waals surface area contributed by atoms with Crippen LogP contribution in [0, 0.1) is 6.92 Å². The Labute approximate surface area is 266 Å². The van der Waals surface area contributed by atoms with Gasteiger partial charge in [-0.1, -0.05) is 87.7 Å². The molecule has 0 aromatic heterocycles. The number of carbonyl (C=O) groups is 2. The molecule has 43 heavy (non-hydrogen) atoms. The Bertz CT molecular complexity index is 1630. The van der Waals surface area contributed by atoms with E-state index in [9.17, 15) is 18.0 Å². The second-order valence-corrected chi connectivity index (χ2v) is 13.3. The average molecular weight is 683 g/mol. The lowest BCUT2D eigenvalue weighted by atomic mass is 10.0. The monoisotopic (exact) mass is 681 g/mol. The van der Waals surface area contributed by atoms with E-state index in [1.54, 1.807) is 60.7 Å². The molecule has 4 aromatic rings. The van der Waals surface area contributed by atoms with Crippen LogP contribution >= 0.6 is 27.5 Å². The summed E-state index contributed by atoms with van der Waals surface area (Å²) >= 11 is 9.52. The lowest BCUT2D eigenvalue weighted by Gasteiger charge is -2.33. The van der Waals surface area contributed by atoms with E-state index in [0.717, 1.165) is 25.5 Å².